The zero-order valence-corrected chi connectivity index (χ0v) is 10.3. The van der Waals surface area contributed by atoms with Gasteiger partial charge in [0.15, 0.2) is 5.13 Å². The van der Waals surface area contributed by atoms with Crippen LogP contribution in [0.15, 0.2) is 16.2 Å². The van der Waals surface area contributed by atoms with Gasteiger partial charge in [-0.1, -0.05) is 11.3 Å². The predicted octanol–water partition coefficient (Wildman–Crippen LogP) is 2.56. The van der Waals surface area contributed by atoms with Crippen molar-refractivity contribution < 1.29 is 0 Å². The first-order chi connectivity index (χ1) is 7.26. The minimum Gasteiger partial charge on any atom is -0.349 e. The summed E-state index contributed by atoms with van der Waals surface area (Å²) in [5.41, 5.74) is 0.825. The van der Waals surface area contributed by atoms with Crippen molar-refractivity contribution in [2.75, 3.05) is 18.0 Å². The number of hydrogen-bond acceptors (Lipinski definition) is 5. The quantitative estimate of drug-likeness (QED) is 0.826. The normalized spacial score (nSPS) is 10.8. The van der Waals surface area contributed by atoms with Crippen molar-refractivity contribution >= 4 is 38.0 Å². The third-order valence-electron chi connectivity index (χ3n) is 2.26. The predicted molar refractivity (Wildman–Crippen MR) is 67.3 cm³/mol. The maximum atomic E-state index is 11.8. The first-order valence-electron chi connectivity index (χ1n) is 4.89. The molecule has 0 spiro atoms. The molecule has 0 aliphatic rings. The zero-order valence-electron chi connectivity index (χ0n) is 8.69. The molecule has 0 atom stereocenters. The lowest BCUT2D eigenvalue weighted by Crippen LogP contribution is -2.22. The van der Waals surface area contributed by atoms with Crippen molar-refractivity contribution in [2.24, 2.45) is 0 Å². The fraction of sp³-hybridized carbons (Fsp3) is 0.400. The molecule has 2 aromatic heterocycles. The van der Waals surface area contributed by atoms with Gasteiger partial charge in [0.05, 0.1) is 5.52 Å². The Morgan fingerprint density at radius 1 is 1.40 bits per heavy atom. The Morgan fingerprint density at radius 3 is 2.80 bits per heavy atom. The van der Waals surface area contributed by atoms with Crippen LogP contribution in [0.3, 0.4) is 0 Å². The number of thiophene rings is 1. The van der Waals surface area contributed by atoms with Crippen molar-refractivity contribution in [1.82, 2.24) is 4.98 Å². The van der Waals surface area contributed by atoms with Crippen molar-refractivity contribution in [3.8, 4) is 0 Å². The van der Waals surface area contributed by atoms with Gasteiger partial charge in [-0.3, -0.25) is 4.79 Å². The molecule has 0 bridgehead atoms. The van der Waals surface area contributed by atoms with E-state index in [0.29, 0.717) is 0 Å². The molecule has 0 aliphatic carbocycles. The average Bonchev–Trinajstić information content (AvgIpc) is 2.68. The Balaban J connectivity index is 2.58. The summed E-state index contributed by atoms with van der Waals surface area (Å²) < 4.78 is 0.896. The lowest BCUT2D eigenvalue weighted by molar-refractivity contribution is 0.861. The van der Waals surface area contributed by atoms with Gasteiger partial charge in [-0.25, -0.2) is 4.98 Å². The summed E-state index contributed by atoms with van der Waals surface area (Å²) in [4.78, 5) is 18.4. The SMILES string of the molecule is CCN(CC)c1nc2ccsc2c(=O)s1. The second-order valence-electron chi connectivity index (χ2n) is 3.09. The van der Waals surface area contributed by atoms with Crippen LogP contribution in [0.1, 0.15) is 13.8 Å². The molecule has 0 radical (unpaired) electrons. The van der Waals surface area contributed by atoms with Gasteiger partial charge in [0.25, 0.3) is 4.74 Å². The minimum atomic E-state index is 0.122. The monoisotopic (exact) mass is 240 g/mol. The lowest BCUT2D eigenvalue weighted by Gasteiger charge is -2.17. The maximum absolute atomic E-state index is 11.8. The number of aromatic nitrogens is 1. The number of anilines is 1. The molecule has 80 valence electrons. The highest BCUT2D eigenvalue weighted by atomic mass is 32.1. The van der Waals surface area contributed by atoms with Crippen LogP contribution in [0, 0.1) is 0 Å². The zero-order chi connectivity index (χ0) is 10.8. The summed E-state index contributed by atoms with van der Waals surface area (Å²) >= 11 is 2.70. The highest BCUT2D eigenvalue weighted by Gasteiger charge is 2.09. The summed E-state index contributed by atoms with van der Waals surface area (Å²) in [6.45, 7) is 5.91. The molecule has 0 aromatic carbocycles. The van der Waals surface area contributed by atoms with E-state index >= 15 is 0 Å². The lowest BCUT2D eigenvalue weighted by atomic mass is 10.5. The maximum Gasteiger partial charge on any atom is 0.255 e. The Kier molecular flexibility index (Phi) is 3.02. The fourth-order valence-corrected chi connectivity index (χ4v) is 3.26. The van der Waals surface area contributed by atoms with Crippen LogP contribution in [0.5, 0.6) is 0 Å². The van der Waals surface area contributed by atoms with Gasteiger partial charge in [-0.15, -0.1) is 11.3 Å². The number of fused-ring (bicyclic) bond motifs is 1. The van der Waals surface area contributed by atoms with Gasteiger partial charge in [0, 0.05) is 13.1 Å². The van der Waals surface area contributed by atoms with Crippen molar-refractivity contribution in [2.45, 2.75) is 13.8 Å². The van der Waals surface area contributed by atoms with Gasteiger partial charge in [-0.05, 0) is 25.3 Å². The summed E-state index contributed by atoms with van der Waals surface area (Å²) in [7, 11) is 0. The van der Waals surface area contributed by atoms with E-state index in [2.05, 4.69) is 23.7 Å². The van der Waals surface area contributed by atoms with Crippen molar-refractivity contribution in [3.05, 3.63) is 21.0 Å². The Labute approximate surface area is 96.0 Å². The van der Waals surface area contributed by atoms with Crippen LogP contribution in [-0.2, 0) is 0 Å². The molecular formula is C10H12N2OS2. The van der Waals surface area contributed by atoms with Crippen molar-refractivity contribution in [1.29, 1.82) is 0 Å². The molecule has 0 aliphatic heterocycles. The smallest absolute Gasteiger partial charge is 0.255 e. The van der Waals surface area contributed by atoms with Crippen LogP contribution in [0.25, 0.3) is 10.2 Å². The molecule has 0 N–H and O–H groups in total. The van der Waals surface area contributed by atoms with Crippen LogP contribution < -0.4 is 9.64 Å². The van der Waals surface area contributed by atoms with E-state index in [0.717, 1.165) is 28.4 Å². The van der Waals surface area contributed by atoms with Gasteiger partial charge in [0.2, 0.25) is 0 Å². The third kappa shape index (κ3) is 1.89. The van der Waals surface area contributed by atoms with Gasteiger partial charge < -0.3 is 4.90 Å². The van der Waals surface area contributed by atoms with Crippen LogP contribution >= 0.6 is 22.7 Å². The van der Waals surface area contributed by atoms with E-state index < -0.39 is 0 Å². The highest BCUT2D eigenvalue weighted by Crippen LogP contribution is 2.21. The second kappa shape index (κ2) is 4.28. The van der Waals surface area contributed by atoms with Crippen LogP contribution in [0.4, 0.5) is 5.13 Å². The average molecular weight is 240 g/mol. The molecule has 0 saturated carbocycles. The molecule has 0 unspecified atom stereocenters. The molecule has 2 heterocycles. The molecule has 3 nitrogen and oxygen atoms in total. The van der Waals surface area contributed by atoms with Crippen molar-refractivity contribution in [3.63, 3.8) is 0 Å². The highest BCUT2D eigenvalue weighted by molar-refractivity contribution is 7.21. The molecule has 5 heteroatoms. The fourth-order valence-electron chi connectivity index (χ4n) is 1.43. The van der Waals surface area contributed by atoms with E-state index in [-0.39, 0.29) is 4.74 Å². The molecule has 15 heavy (non-hydrogen) atoms. The minimum absolute atomic E-state index is 0.122. The molecule has 2 aromatic rings. The Hall–Kier alpha value is -0.940. The van der Waals surface area contributed by atoms with E-state index in [1.165, 1.54) is 22.7 Å². The number of rotatable bonds is 3. The largest absolute Gasteiger partial charge is 0.349 e. The van der Waals surface area contributed by atoms with E-state index in [1.54, 1.807) is 0 Å². The van der Waals surface area contributed by atoms with E-state index in [9.17, 15) is 4.79 Å². The molecule has 0 amide bonds. The molecule has 0 saturated heterocycles. The Morgan fingerprint density at radius 2 is 2.13 bits per heavy atom. The summed E-state index contributed by atoms with van der Waals surface area (Å²) in [6, 6.07) is 1.90. The second-order valence-corrected chi connectivity index (χ2v) is 4.95. The van der Waals surface area contributed by atoms with Gasteiger partial charge >= 0.3 is 0 Å². The summed E-state index contributed by atoms with van der Waals surface area (Å²) in [5, 5.41) is 2.74. The van der Waals surface area contributed by atoms with E-state index in [4.69, 9.17) is 0 Å². The Bertz CT molecular complexity index is 513. The van der Waals surface area contributed by atoms with Crippen LogP contribution in [0.2, 0.25) is 0 Å². The first kappa shape index (κ1) is 10.6. The van der Waals surface area contributed by atoms with Gasteiger partial charge in [-0.2, -0.15) is 0 Å². The molecule has 0 fully saturated rings. The number of nitrogens with zero attached hydrogens (tertiary/aromatic N) is 2. The molecule has 2 rings (SSSR count). The van der Waals surface area contributed by atoms with Crippen LogP contribution in [-0.4, -0.2) is 18.1 Å². The topological polar surface area (TPSA) is 33.2 Å². The van der Waals surface area contributed by atoms with Gasteiger partial charge in [0.1, 0.15) is 4.70 Å². The molecular weight excluding hydrogens is 228 g/mol. The van der Waals surface area contributed by atoms with E-state index in [1.807, 2.05) is 11.4 Å². The first-order valence-corrected chi connectivity index (χ1v) is 6.59. The summed E-state index contributed by atoms with van der Waals surface area (Å²) in [5.74, 6) is 0. The standard InChI is InChI=1S/C10H12N2OS2/c1-3-12(4-2)10-11-7-5-6-14-8(7)9(13)15-10/h5-6H,3-4H2,1-2H3. The summed E-state index contributed by atoms with van der Waals surface area (Å²) in [6.07, 6.45) is 0. The third-order valence-corrected chi connectivity index (χ3v) is 4.22. The number of hydrogen-bond donors (Lipinski definition) is 0.